The molecule has 5 saturated heterocycles. The Morgan fingerprint density at radius 3 is 1.40 bits per heavy atom. The largest absolute Gasteiger partial charge is 0.477 e. The van der Waals surface area contributed by atoms with E-state index in [1.807, 2.05) is 6.08 Å². The van der Waals surface area contributed by atoms with Gasteiger partial charge in [-0.1, -0.05) is 219 Å². The van der Waals surface area contributed by atoms with Crippen LogP contribution < -0.4 is 10.6 Å². The molecule has 33 nitrogen and oxygen atoms in total. The number of nitrogens with one attached hydrogen (secondary N) is 2. The summed E-state index contributed by atoms with van der Waals surface area (Å²) in [5.41, 5.74) is 0. The molecule has 644 valence electrons. The molecular formula is C77H140N2O31. The SMILES string of the molecule is CCCCCCCCCCCCC/C=C/[C@@H](O)[C@H](CO[C@@H]1OC(CO)[C@@H](O[C@@H]2OC(CO)[C@H](O)[C@H](O[C@@H]3OC(CO)[C@@H](O[C@@H]4OC(CO[C@]5(C(=O)O)CC(O)[C@@H](O)C([C@H](O)[C@H](O)CO)O5)[C@H](O)[C@H](O)C4O)[C@H](O)C3NC(C)=O)C2O)[C@H](O)C1O)NC(=O)CCCCCCCCCCCCCCCCCCCCCCC. The number of allylic oxidation sites excluding steroid dienone is 1. The van der Waals surface area contributed by atoms with Crippen molar-refractivity contribution in [3.63, 3.8) is 0 Å². The van der Waals surface area contributed by atoms with E-state index in [9.17, 15) is 106 Å². The number of hydrogen-bond donors (Lipinski definition) is 20. The van der Waals surface area contributed by atoms with Crippen LogP contribution in [0.2, 0.25) is 0 Å². The Labute approximate surface area is 648 Å². The Morgan fingerprint density at radius 1 is 0.482 bits per heavy atom. The number of carbonyl (C=O) groups excluding carboxylic acids is 2. The van der Waals surface area contributed by atoms with Gasteiger partial charge in [0.2, 0.25) is 11.8 Å². The number of unbranched alkanes of at least 4 members (excludes halogenated alkanes) is 31. The van der Waals surface area contributed by atoms with Crippen LogP contribution in [0, 0.1) is 0 Å². The van der Waals surface area contributed by atoms with Gasteiger partial charge in [-0.3, -0.25) is 9.59 Å². The first-order chi connectivity index (χ1) is 52.8. The van der Waals surface area contributed by atoms with Crippen LogP contribution in [0.25, 0.3) is 0 Å². The quantitative estimate of drug-likeness (QED) is 0.0300. The molecule has 33 heteroatoms. The third-order valence-electron chi connectivity index (χ3n) is 21.7. The van der Waals surface area contributed by atoms with Gasteiger partial charge in [0.05, 0.1) is 57.9 Å². The third kappa shape index (κ3) is 31.5. The number of rotatable bonds is 57. The van der Waals surface area contributed by atoms with Crippen molar-refractivity contribution in [3.8, 4) is 0 Å². The van der Waals surface area contributed by atoms with Crippen molar-refractivity contribution in [1.29, 1.82) is 0 Å². The van der Waals surface area contributed by atoms with Gasteiger partial charge in [0, 0.05) is 19.8 Å². The summed E-state index contributed by atoms with van der Waals surface area (Å²) >= 11 is 0. The molecule has 0 aliphatic carbocycles. The van der Waals surface area contributed by atoms with Crippen molar-refractivity contribution in [3.05, 3.63) is 12.2 Å². The number of carbonyl (C=O) groups is 3. The van der Waals surface area contributed by atoms with Crippen LogP contribution >= 0.6 is 0 Å². The minimum Gasteiger partial charge on any atom is -0.477 e. The Hall–Kier alpha value is -2.93. The van der Waals surface area contributed by atoms with Crippen molar-refractivity contribution in [2.45, 2.75) is 417 Å². The van der Waals surface area contributed by atoms with Crippen molar-refractivity contribution in [2.24, 2.45) is 0 Å². The smallest absolute Gasteiger partial charge is 0.364 e. The lowest BCUT2D eigenvalue weighted by atomic mass is 9.90. The first kappa shape index (κ1) is 97.6. The summed E-state index contributed by atoms with van der Waals surface area (Å²) in [6.07, 6.45) is -7.25. The number of hydrogen-bond acceptors (Lipinski definition) is 30. The summed E-state index contributed by atoms with van der Waals surface area (Å²) in [6, 6.07) is -2.90. The molecule has 5 aliphatic heterocycles. The molecule has 0 spiro atoms. The van der Waals surface area contributed by atoms with E-state index < -0.39 is 229 Å². The summed E-state index contributed by atoms with van der Waals surface area (Å²) in [7, 11) is 0. The second-order valence-electron chi connectivity index (χ2n) is 30.7. The number of carboxylic acid groups (broad SMARTS) is 1. The molecule has 5 heterocycles. The zero-order valence-electron chi connectivity index (χ0n) is 65.1. The van der Waals surface area contributed by atoms with Crippen LogP contribution in [0.5, 0.6) is 0 Å². The lowest BCUT2D eigenvalue weighted by Crippen LogP contribution is -2.70. The predicted molar refractivity (Wildman–Crippen MR) is 394 cm³/mol. The van der Waals surface area contributed by atoms with Gasteiger partial charge in [0.25, 0.3) is 5.79 Å². The maximum Gasteiger partial charge on any atom is 0.364 e. The number of aliphatic hydroxyl groups is 17. The van der Waals surface area contributed by atoms with Crippen molar-refractivity contribution < 1.29 is 154 Å². The summed E-state index contributed by atoms with van der Waals surface area (Å²) < 4.78 is 58.2. The molecule has 0 aromatic rings. The van der Waals surface area contributed by atoms with Gasteiger partial charge < -0.3 is 150 Å². The Bertz CT molecular complexity index is 2490. The maximum absolute atomic E-state index is 13.6. The van der Waals surface area contributed by atoms with Crippen LogP contribution in [-0.2, 0) is 61.8 Å². The Kier molecular flexibility index (Phi) is 47.4. The first-order valence-corrected chi connectivity index (χ1v) is 41.1. The third-order valence-corrected chi connectivity index (χ3v) is 21.7. The molecule has 110 heavy (non-hydrogen) atoms. The van der Waals surface area contributed by atoms with E-state index in [-0.39, 0.29) is 12.3 Å². The highest BCUT2D eigenvalue weighted by atomic mass is 16.8. The van der Waals surface area contributed by atoms with Crippen LogP contribution in [0.15, 0.2) is 12.2 Å². The molecule has 5 aliphatic rings. The standard InChI is InChI=1S/C77H140N2O31/c1-4-6-8-10-12-14-16-18-19-20-21-22-23-24-25-27-29-31-33-35-37-39-56(88)79-48(49(85)38-36-34-32-30-28-26-17-15-13-11-9-7-5-2)45-101-73-66(97)64(95)69(54(44-83)105-73)108-75-67(98)70(61(92)52(42-81)103-75)109-72-57(78-47(3)84)62(93)68(53(43-82)104-72)107-74-65(96)63(94)60(91)55(106-74)46-102-77(76(99)100)40-50(86)58(89)71(110-77)59(90)51(87)41-80/h36,38,48-55,57-75,80-83,85-87,89-98H,4-35,37,39-46H2,1-3H3,(H,78,84)(H,79,88)(H,99,100)/b38-36+/t48-,49+,50?,51+,52?,53?,54?,55?,57?,58+,59+,60-,61-,62+,63-,64+,65?,66?,67?,68+,69+,70-,71?,72-,73+,74-,75-,77+/m0/s1. The molecule has 0 radical (unpaired) electrons. The van der Waals surface area contributed by atoms with Gasteiger partial charge in [-0.2, -0.15) is 0 Å². The minimum atomic E-state index is -2.98. The van der Waals surface area contributed by atoms with E-state index in [1.165, 1.54) is 148 Å². The second kappa shape index (κ2) is 53.4. The lowest BCUT2D eigenvalue weighted by Gasteiger charge is -2.50. The normalized spacial score (nSPS) is 34.1. The van der Waals surface area contributed by atoms with Crippen LogP contribution in [0.4, 0.5) is 0 Å². The summed E-state index contributed by atoms with van der Waals surface area (Å²) in [5, 5.41) is 202. The fourth-order valence-electron chi connectivity index (χ4n) is 14.8. The molecule has 10 unspecified atom stereocenters. The van der Waals surface area contributed by atoms with Gasteiger partial charge >= 0.3 is 5.97 Å². The van der Waals surface area contributed by atoms with Gasteiger partial charge in [-0.25, -0.2) is 4.79 Å². The summed E-state index contributed by atoms with van der Waals surface area (Å²) in [5.74, 6) is -6.16. The molecule has 0 bridgehead atoms. The van der Waals surface area contributed by atoms with E-state index in [0.29, 0.717) is 12.8 Å². The lowest BCUT2D eigenvalue weighted by molar-refractivity contribution is -0.383. The van der Waals surface area contributed by atoms with E-state index in [1.54, 1.807) is 6.08 Å². The van der Waals surface area contributed by atoms with Gasteiger partial charge in [-0.05, 0) is 19.3 Å². The number of amides is 2. The van der Waals surface area contributed by atoms with Crippen molar-refractivity contribution in [2.75, 3.05) is 39.6 Å². The molecular weight excluding hydrogens is 1450 g/mol. The van der Waals surface area contributed by atoms with Crippen LogP contribution in [-0.4, -0.2) is 321 Å². The highest BCUT2D eigenvalue weighted by Crippen LogP contribution is 2.38. The van der Waals surface area contributed by atoms with Crippen LogP contribution in [0.1, 0.15) is 245 Å². The van der Waals surface area contributed by atoms with E-state index in [0.717, 1.165) is 58.3 Å². The Balaban J connectivity index is 1.18. The average Bonchev–Trinajstić information content (AvgIpc) is 0.771. The number of ether oxygens (including phenoxy) is 10. The first-order valence-electron chi connectivity index (χ1n) is 41.1. The average molecular weight is 1590 g/mol. The summed E-state index contributed by atoms with van der Waals surface area (Å²) in [4.78, 5) is 39.0. The van der Waals surface area contributed by atoms with E-state index in [4.69, 9.17) is 47.4 Å². The number of aliphatic hydroxyl groups excluding tert-OH is 17. The monoisotopic (exact) mass is 1590 g/mol. The van der Waals surface area contributed by atoms with E-state index >= 15 is 0 Å². The molecule has 2 amide bonds. The molecule has 5 fully saturated rings. The second-order valence-corrected chi connectivity index (χ2v) is 30.7. The molecule has 28 atom stereocenters. The maximum atomic E-state index is 13.6. The highest BCUT2D eigenvalue weighted by Gasteiger charge is 2.59. The van der Waals surface area contributed by atoms with E-state index in [2.05, 4.69) is 24.5 Å². The minimum absolute atomic E-state index is 0.179. The zero-order valence-corrected chi connectivity index (χ0v) is 65.1. The number of carboxylic acids is 1. The van der Waals surface area contributed by atoms with Crippen LogP contribution in [0.3, 0.4) is 0 Å². The number of aliphatic carboxylic acids is 1. The molecule has 0 aromatic heterocycles. The highest BCUT2D eigenvalue weighted by molar-refractivity contribution is 5.76. The zero-order chi connectivity index (χ0) is 80.7. The summed E-state index contributed by atoms with van der Waals surface area (Å²) in [6.45, 7) is -0.200. The molecule has 20 N–H and O–H groups in total. The van der Waals surface area contributed by atoms with Gasteiger partial charge in [0.1, 0.15) is 122 Å². The topological polar surface area (TPSA) is 532 Å². The molecule has 0 saturated carbocycles. The molecule has 0 aromatic carbocycles. The Morgan fingerprint density at radius 2 is 0.918 bits per heavy atom. The van der Waals surface area contributed by atoms with Gasteiger partial charge in [-0.15, -0.1) is 0 Å². The van der Waals surface area contributed by atoms with Crippen molar-refractivity contribution >= 4 is 17.8 Å². The molecule has 5 rings (SSSR count). The predicted octanol–water partition coefficient (Wildman–Crippen LogP) is 1.15. The fourth-order valence-corrected chi connectivity index (χ4v) is 14.8. The fraction of sp³-hybridized carbons (Fsp3) is 0.935. The van der Waals surface area contributed by atoms with Crippen molar-refractivity contribution in [1.82, 2.24) is 10.6 Å². The van der Waals surface area contributed by atoms with Gasteiger partial charge in [0.15, 0.2) is 25.2 Å².